The van der Waals surface area contributed by atoms with Crippen molar-refractivity contribution in [1.82, 2.24) is 5.43 Å². The molecule has 1 aliphatic carbocycles. The predicted molar refractivity (Wildman–Crippen MR) is 83.6 cm³/mol. The molecule has 0 aliphatic heterocycles. The Balaban J connectivity index is 2.20. The Morgan fingerprint density at radius 2 is 2.14 bits per heavy atom. The van der Waals surface area contributed by atoms with Crippen LogP contribution in [0.3, 0.4) is 0 Å². The minimum atomic E-state index is -0.366. The summed E-state index contributed by atoms with van der Waals surface area (Å²) < 4.78 is 19.9. The molecule has 1 fully saturated rings. The van der Waals surface area contributed by atoms with Crippen molar-refractivity contribution in [2.45, 2.75) is 50.7 Å². The van der Waals surface area contributed by atoms with Crippen LogP contribution in [0.5, 0.6) is 0 Å². The van der Waals surface area contributed by atoms with E-state index in [4.69, 9.17) is 22.2 Å². The number of hydrogen-bond acceptors (Lipinski definition) is 3. The SMILES string of the molecule is COC1(C(Cc2cccc(Cl)c2F)NN)CCC(C)CC1. The molecule has 0 saturated heterocycles. The first kappa shape index (κ1) is 16.7. The molecule has 1 aromatic carbocycles. The average Bonchev–Trinajstić information content (AvgIpc) is 2.50. The first-order chi connectivity index (χ1) is 10.0. The molecule has 1 aliphatic rings. The molecule has 0 spiro atoms. The molecule has 0 radical (unpaired) electrons. The van der Waals surface area contributed by atoms with Gasteiger partial charge in [0.05, 0.1) is 16.7 Å². The van der Waals surface area contributed by atoms with Gasteiger partial charge in [-0.05, 0) is 49.7 Å². The van der Waals surface area contributed by atoms with Crippen LogP contribution < -0.4 is 11.3 Å². The fourth-order valence-corrected chi connectivity index (χ4v) is 3.46. The number of methoxy groups -OCH3 is 1. The highest BCUT2D eigenvalue weighted by atomic mass is 35.5. The van der Waals surface area contributed by atoms with Crippen LogP contribution in [-0.4, -0.2) is 18.8 Å². The van der Waals surface area contributed by atoms with Gasteiger partial charge in [0.15, 0.2) is 0 Å². The largest absolute Gasteiger partial charge is 0.377 e. The van der Waals surface area contributed by atoms with Crippen LogP contribution in [0.15, 0.2) is 18.2 Å². The number of halogens is 2. The maximum Gasteiger partial charge on any atom is 0.145 e. The van der Waals surface area contributed by atoms with Crippen LogP contribution in [0.4, 0.5) is 4.39 Å². The molecule has 3 nitrogen and oxygen atoms in total. The van der Waals surface area contributed by atoms with Gasteiger partial charge < -0.3 is 4.74 Å². The minimum absolute atomic E-state index is 0.136. The summed E-state index contributed by atoms with van der Waals surface area (Å²) in [6.45, 7) is 2.25. The first-order valence-corrected chi connectivity index (χ1v) is 7.84. The molecule has 0 amide bonds. The summed E-state index contributed by atoms with van der Waals surface area (Å²) in [6, 6.07) is 4.93. The average molecular weight is 315 g/mol. The molecule has 5 heteroatoms. The Bertz CT molecular complexity index is 475. The predicted octanol–water partition coefficient (Wildman–Crippen LogP) is 3.45. The molecule has 2 rings (SSSR count). The monoisotopic (exact) mass is 314 g/mol. The van der Waals surface area contributed by atoms with Crippen molar-refractivity contribution in [3.63, 3.8) is 0 Å². The molecular weight excluding hydrogens is 291 g/mol. The summed E-state index contributed by atoms with van der Waals surface area (Å²) in [6.07, 6.45) is 4.53. The van der Waals surface area contributed by atoms with Crippen molar-refractivity contribution in [3.8, 4) is 0 Å². The van der Waals surface area contributed by atoms with Crippen molar-refractivity contribution in [2.24, 2.45) is 11.8 Å². The Morgan fingerprint density at radius 3 is 2.71 bits per heavy atom. The fourth-order valence-electron chi connectivity index (χ4n) is 3.27. The number of ether oxygens (including phenoxy) is 1. The number of nitrogens with one attached hydrogen (secondary N) is 1. The highest BCUT2D eigenvalue weighted by Gasteiger charge is 2.41. The van der Waals surface area contributed by atoms with E-state index in [1.165, 1.54) is 0 Å². The second kappa shape index (κ2) is 7.05. The van der Waals surface area contributed by atoms with Gasteiger partial charge >= 0.3 is 0 Å². The number of hydrazine groups is 1. The van der Waals surface area contributed by atoms with Gasteiger partial charge in [-0.3, -0.25) is 11.3 Å². The molecule has 118 valence electrons. The highest BCUT2D eigenvalue weighted by molar-refractivity contribution is 6.30. The Morgan fingerprint density at radius 1 is 1.48 bits per heavy atom. The number of hydrogen-bond donors (Lipinski definition) is 2. The third-order valence-electron chi connectivity index (χ3n) is 4.82. The van der Waals surface area contributed by atoms with Crippen molar-refractivity contribution in [2.75, 3.05) is 7.11 Å². The number of rotatable bonds is 5. The van der Waals surface area contributed by atoms with Gasteiger partial charge in [-0.25, -0.2) is 4.39 Å². The van der Waals surface area contributed by atoms with Crippen LogP contribution in [0.2, 0.25) is 5.02 Å². The van der Waals surface area contributed by atoms with Crippen LogP contribution >= 0.6 is 11.6 Å². The first-order valence-electron chi connectivity index (χ1n) is 7.46. The highest BCUT2D eigenvalue weighted by Crippen LogP contribution is 2.38. The lowest BCUT2D eigenvalue weighted by Crippen LogP contribution is -2.57. The topological polar surface area (TPSA) is 47.3 Å². The molecule has 1 saturated carbocycles. The van der Waals surface area contributed by atoms with Crippen molar-refractivity contribution < 1.29 is 9.13 Å². The minimum Gasteiger partial charge on any atom is -0.377 e. The Labute approximate surface area is 131 Å². The van der Waals surface area contributed by atoms with Gasteiger partial charge in [-0.15, -0.1) is 0 Å². The lowest BCUT2D eigenvalue weighted by molar-refractivity contribution is -0.0747. The maximum absolute atomic E-state index is 14.1. The summed E-state index contributed by atoms with van der Waals surface area (Å²) in [4.78, 5) is 0. The van der Waals surface area contributed by atoms with E-state index in [1.807, 2.05) is 0 Å². The van der Waals surface area contributed by atoms with E-state index in [-0.39, 0.29) is 22.5 Å². The molecule has 0 aromatic heterocycles. The zero-order chi connectivity index (χ0) is 15.5. The lowest BCUT2D eigenvalue weighted by Gasteiger charge is -2.44. The Hall–Kier alpha value is -0.680. The number of benzene rings is 1. The molecule has 0 heterocycles. The zero-order valence-corrected chi connectivity index (χ0v) is 13.4. The molecule has 0 bridgehead atoms. The van der Waals surface area contributed by atoms with Gasteiger partial charge in [0.2, 0.25) is 0 Å². The summed E-state index contributed by atoms with van der Waals surface area (Å²) in [5.74, 6) is 6.09. The maximum atomic E-state index is 14.1. The van der Waals surface area contributed by atoms with E-state index in [0.717, 1.165) is 25.7 Å². The number of nitrogens with two attached hydrogens (primary N) is 1. The van der Waals surface area contributed by atoms with E-state index >= 15 is 0 Å². The summed E-state index contributed by atoms with van der Waals surface area (Å²) in [7, 11) is 1.72. The van der Waals surface area contributed by atoms with E-state index in [9.17, 15) is 4.39 Å². The summed E-state index contributed by atoms with van der Waals surface area (Å²) in [5, 5.41) is 0.145. The standard InChI is InChI=1S/C16H24ClFN2O/c1-11-6-8-16(21-2,9-7-11)14(20-19)10-12-4-3-5-13(17)15(12)18/h3-5,11,14,20H,6-10,19H2,1-2H3. The molecular formula is C16H24ClFN2O. The third kappa shape index (κ3) is 3.57. The van der Waals surface area contributed by atoms with Gasteiger partial charge in [0.25, 0.3) is 0 Å². The van der Waals surface area contributed by atoms with Gasteiger partial charge in [-0.1, -0.05) is 30.7 Å². The fraction of sp³-hybridized carbons (Fsp3) is 0.625. The van der Waals surface area contributed by atoms with Crippen molar-refractivity contribution in [1.29, 1.82) is 0 Å². The zero-order valence-electron chi connectivity index (χ0n) is 12.7. The van der Waals surface area contributed by atoms with Gasteiger partial charge in [-0.2, -0.15) is 0 Å². The van der Waals surface area contributed by atoms with Crippen molar-refractivity contribution in [3.05, 3.63) is 34.6 Å². The summed E-state index contributed by atoms with van der Waals surface area (Å²) in [5.41, 5.74) is 3.07. The molecule has 1 aromatic rings. The van der Waals surface area contributed by atoms with Crippen LogP contribution in [0.25, 0.3) is 0 Å². The van der Waals surface area contributed by atoms with Gasteiger partial charge in [0, 0.05) is 7.11 Å². The van der Waals surface area contributed by atoms with Crippen LogP contribution in [0.1, 0.15) is 38.2 Å². The molecule has 3 N–H and O–H groups in total. The Kier molecular flexibility index (Phi) is 5.60. The third-order valence-corrected chi connectivity index (χ3v) is 5.11. The quantitative estimate of drug-likeness (QED) is 0.646. The van der Waals surface area contributed by atoms with E-state index in [1.54, 1.807) is 25.3 Å². The smallest absolute Gasteiger partial charge is 0.145 e. The van der Waals surface area contributed by atoms with E-state index < -0.39 is 0 Å². The lowest BCUT2D eigenvalue weighted by atomic mass is 9.74. The van der Waals surface area contributed by atoms with Crippen LogP contribution in [-0.2, 0) is 11.2 Å². The van der Waals surface area contributed by atoms with Crippen LogP contribution in [0, 0.1) is 11.7 Å². The van der Waals surface area contributed by atoms with E-state index in [2.05, 4.69) is 12.3 Å². The van der Waals surface area contributed by atoms with Crippen molar-refractivity contribution >= 4 is 11.6 Å². The normalized spacial score (nSPS) is 27.6. The molecule has 21 heavy (non-hydrogen) atoms. The second-order valence-electron chi connectivity index (χ2n) is 6.09. The molecule has 1 atom stereocenters. The van der Waals surface area contributed by atoms with E-state index in [0.29, 0.717) is 17.9 Å². The van der Waals surface area contributed by atoms with Gasteiger partial charge in [0.1, 0.15) is 5.82 Å². The summed E-state index contributed by atoms with van der Waals surface area (Å²) >= 11 is 5.86. The molecule has 1 unspecified atom stereocenters. The second-order valence-corrected chi connectivity index (χ2v) is 6.49.